The van der Waals surface area contributed by atoms with Crippen molar-refractivity contribution in [2.75, 3.05) is 20.8 Å². The molecule has 2 atom stereocenters. The van der Waals surface area contributed by atoms with Crippen LogP contribution >= 0.6 is 0 Å². The predicted molar refractivity (Wildman–Crippen MR) is 171 cm³/mol. The lowest BCUT2D eigenvalue weighted by atomic mass is 9.80. The molecular weight excluding hydrogens is 551 g/mol. The van der Waals surface area contributed by atoms with Gasteiger partial charge in [-0.1, -0.05) is 48.5 Å². The minimum absolute atomic E-state index is 0.0364. The van der Waals surface area contributed by atoms with Gasteiger partial charge in [0.25, 0.3) is 0 Å². The van der Waals surface area contributed by atoms with Crippen molar-refractivity contribution in [2.45, 2.75) is 31.5 Å². The van der Waals surface area contributed by atoms with E-state index in [1.54, 1.807) is 26.4 Å². The summed E-state index contributed by atoms with van der Waals surface area (Å²) in [6.45, 7) is 1.33. The first-order valence-electron chi connectivity index (χ1n) is 15.1. The molecule has 44 heavy (non-hydrogen) atoms. The van der Waals surface area contributed by atoms with Crippen molar-refractivity contribution in [1.82, 2.24) is 9.88 Å². The second kappa shape index (κ2) is 10.7. The number of nitrogens with one attached hydrogen (secondary N) is 1. The zero-order valence-corrected chi connectivity index (χ0v) is 24.8. The van der Waals surface area contributed by atoms with E-state index < -0.39 is 0 Å². The molecule has 5 nitrogen and oxygen atoms in total. The average Bonchev–Trinajstić information content (AvgIpc) is 3.43. The monoisotopic (exact) mass is 584 g/mol. The summed E-state index contributed by atoms with van der Waals surface area (Å²) in [4.78, 5) is 6.28. The minimum atomic E-state index is -0.229. The number of halogens is 1. The van der Waals surface area contributed by atoms with Gasteiger partial charge in [0.2, 0.25) is 0 Å². The van der Waals surface area contributed by atoms with Crippen LogP contribution in [0.25, 0.3) is 21.7 Å². The van der Waals surface area contributed by atoms with Crippen LogP contribution in [-0.4, -0.2) is 30.6 Å². The van der Waals surface area contributed by atoms with E-state index in [2.05, 4.69) is 76.6 Å². The highest BCUT2D eigenvalue weighted by Crippen LogP contribution is 2.50. The highest BCUT2D eigenvalue weighted by atomic mass is 19.1. The number of aromatic amines is 1. The summed E-state index contributed by atoms with van der Waals surface area (Å²) in [6, 6.07) is 32.4. The van der Waals surface area contributed by atoms with Gasteiger partial charge in [0.1, 0.15) is 18.2 Å². The summed E-state index contributed by atoms with van der Waals surface area (Å²) in [5.74, 6) is 2.10. The molecule has 0 saturated heterocycles. The van der Waals surface area contributed by atoms with Crippen LogP contribution < -0.4 is 14.2 Å². The molecular formula is C38H33FN2O3. The summed E-state index contributed by atoms with van der Waals surface area (Å²) < 4.78 is 31.9. The van der Waals surface area contributed by atoms with E-state index in [9.17, 15) is 4.39 Å². The van der Waals surface area contributed by atoms with E-state index in [0.717, 1.165) is 53.3 Å². The molecule has 3 heterocycles. The van der Waals surface area contributed by atoms with Crippen molar-refractivity contribution >= 4 is 21.7 Å². The van der Waals surface area contributed by atoms with Gasteiger partial charge >= 0.3 is 0 Å². The molecule has 6 aromatic rings. The van der Waals surface area contributed by atoms with E-state index in [1.807, 2.05) is 18.2 Å². The highest BCUT2D eigenvalue weighted by Gasteiger charge is 2.41. The quantitative estimate of drug-likeness (QED) is 0.214. The Morgan fingerprint density at radius 2 is 1.68 bits per heavy atom. The maximum absolute atomic E-state index is 14.0. The molecule has 6 heteroatoms. The first-order valence-corrected chi connectivity index (χ1v) is 15.1. The summed E-state index contributed by atoms with van der Waals surface area (Å²) >= 11 is 0. The number of hydrogen-bond acceptors (Lipinski definition) is 4. The fourth-order valence-corrected chi connectivity index (χ4v) is 7.22. The van der Waals surface area contributed by atoms with Gasteiger partial charge in [0.15, 0.2) is 11.5 Å². The lowest BCUT2D eigenvalue weighted by Gasteiger charge is -2.46. The number of aromatic nitrogens is 1. The van der Waals surface area contributed by atoms with E-state index in [4.69, 9.17) is 14.2 Å². The summed E-state index contributed by atoms with van der Waals surface area (Å²) in [5.41, 5.74) is 8.24. The van der Waals surface area contributed by atoms with Crippen LogP contribution in [0.1, 0.15) is 45.6 Å². The lowest BCUT2D eigenvalue weighted by molar-refractivity contribution is 0.127. The molecule has 0 spiro atoms. The van der Waals surface area contributed by atoms with E-state index >= 15 is 0 Å². The van der Waals surface area contributed by atoms with Crippen LogP contribution in [0.15, 0.2) is 97.1 Å². The Bertz CT molecular complexity index is 2020. The maximum Gasteiger partial charge on any atom is 0.161 e. The van der Waals surface area contributed by atoms with Crippen LogP contribution in [0.4, 0.5) is 4.39 Å². The molecule has 0 radical (unpaired) electrons. The van der Waals surface area contributed by atoms with E-state index in [0.29, 0.717) is 6.61 Å². The number of nitrogens with zero attached hydrogens (tertiary/aromatic N) is 1. The first-order chi connectivity index (χ1) is 21.6. The number of H-pyrrole nitrogens is 1. The smallest absolute Gasteiger partial charge is 0.161 e. The summed E-state index contributed by atoms with van der Waals surface area (Å²) in [7, 11) is 3.41. The fourth-order valence-electron chi connectivity index (χ4n) is 7.22. The molecule has 2 aliphatic heterocycles. The molecule has 0 fully saturated rings. The van der Waals surface area contributed by atoms with Gasteiger partial charge in [0.05, 0.1) is 20.3 Å². The first kappa shape index (κ1) is 26.8. The van der Waals surface area contributed by atoms with Gasteiger partial charge in [-0.05, 0) is 100.0 Å². The van der Waals surface area contributed by atoms with E-state index in [1.165, 1.54) is 38.5 Å². The third kappa shape index (κ3) is 4.49. The maximum atomic E-state index is 14.0. The van der Waals surface area contributed by atoms with Gasteiger partial charge in [-0.25, -0.2) is 4.39 Å². The number of methoxy groups -OCH3 is 2. The van der Waals surface area contributed by atoms with E-state index in [-0.39, 0.29) is 17.9 Å². The van der Waals surface area contributed by atoms with Crippen molar-refractivity contribution in [3.63, 3.8) is 0 Å². The van der Waals surface area contributed by atoms with Gasteiger partial charge in [-0.2, -0.15) is 0 Å². The SMILES string of the molecule is COc1ccc2[nH]c3c(c2c1)CC1c2cc(OC)c(OCc4ccc5ccccc5c4)cc2CCN1C3c1ccc(F)cc1. The molecule has 1 aromatic heterocycles. The van der Waals surface area contributed by atoms with Crippen LogP contribution in [0, 0.1) is 5.82 Å². The molecule has 8 rings (SSSR count). The third-order valence-corrected chi connectivity index (χ3v) is 9.37. The van der Waals surface area contributed by atoms with Gasteiger partial charge in [0, 0.05) is 29.2 Å². The lowest BCUT2D eigenvalue weighted by Crippen LogP contribution is -2.43. The molecule has 5 aromatic carbocycles. The third-order valence-electron chi connectivity index (χ3n) is 9.37. The highest BCUT2D eigenvalue weighted by molar-refractivity contribution is 5.87. The Morgan fingerprint density at radius 3 is 2.50 bits per heavy atom. The van der Waals surface area contributed by atoms with Crippen LogP contribution in [0.5, 0.6) is 17.2 Å². The van der Waals surface area contributed by atoms with Crippen LogP contribution in [0.3, 0.4) is 0 Å². The molecule has 2 aliphatic rings. The van der Waals surface area contributed by atoms with Crippen LogP contribution in [-0.2, 0) is 19.4 Å². The second-order valence-electron chi connectivity index (χ2n) is 11.8. The molecule has 220 valence electrons. The number of fused-ring (bicyclic) bond motifs is 7. The number of benzene rings is 5. The standard InChI is InChI=1S/C38H33FN2O3/c1-42-29-13-14-33-31(19-29)32-20-34-30-21-35(43-2)36(44-22-23-7-8-24-5-3-4-6-26(24)17-23)18-27(30)15-16-41(34)38(37(32)40-33)25-9-11-28(39)12-10-25/h3-14,17-19,21,34,38,40H,15-16,20,22H2,1-2H3. The zero-order chi connectivity index (χ0) is 29.8. The Kier molecular flexibility index (Phi) is 6.53. The normalized spacial score (nSPS) is 17.6. The summed E-state index contributed by atoms with van der Waals surface area (Å²) in [5, 5.41) is 3.59. The minimum Gasteiger partial charge on any atom is -0.497 e. The topological polar surface area (TPSA) is 46.7 Å². The number of hydrogen-bond donors (Lipinski definition) is 1. The summed E-state index contributed by atoms with van der Waals surface area (Å²) in [6.07, 6.45) is 1.72. The molecule has 0 saturated carbocycles. The molecule has 1 N–H and O–H groups in total. The number of ether oxygens (including phenoxy) is 3. The van der Waals surface area contributed by atoms with Crippen LogP contribution in [0.2, 0.25) is 0 Å². The van der Waals surface area contributed by atoms with Crippen molar-refractivity contribution in [1.29, 1.82) is 0 Å². The molecule has 2 unspecified atom stereocenters. The number of rotatable bonds is 6. The van der Waals surface area contributed by atoms with Crippen molar-refractivity contribution in [3.8, 4) is 17.2 Å². The molecule has 0 aliphatic carbocycles. The second-order valence-corrected chi connectivity index (χ2v) is 11.8. The molecule has 0 bridgehead atoms. The van der Waals surface area contributed by atoms with Gasteiger partial charge < -0.3 is 19.2 Å². The van der Waals surface area contributed by atoms with Gasteiger partial charge in [-0.15, -0.1) is 0 Å². The van der Waals surface area contributed by atoms with Crippen molar-refractivity contribution < 1.29 is 18.6 Å². The zero-order valence-electron chi connectivity index (χ0n) is 24.8. The molecule has 0 amide bonds. The Labute approximate surface area is 255 Å². The van der Waals surface area contributed by atoms with Crippen molar-refractivity contribution in [3.05, 3.63) is 136 Å². The Balaban J connectivity index is 1.18. The largest absolute Gasteiger partial charge is 0.497 e. The predicted octanol–water partition coefficient (Wildman–Crippen LogP) is 8.30. The van der Waals surface area contributed by atoms with Crippen molar-refractivity contribution in [2.24, 2.45) is 0 Å². The Hall–Kier alpha value is -4.81. The fraction of sp³-hybridized carbons (Fsp3) is 0.211. The van der Waals surface area contributed by atoms with Gasteiger partial charge in [-0.3, -0.25) is 4.90 Å². The Morgan fingerprint density at radius 1 is 0.841 bits per heavy atom. The average molecular weight is 585 g/mol.